The summed E-state index contributed by atoms with van der Waals surface area (Å²) in [5.41, 5.74) is -0.0584. The number of carbonyl (C=O) groups excluding carboxylic acids is 1. The lowest BCUT2D eigenvalue weighted by Gasteiger charge is -2.34. The molecule has 0 aromatic carbocycles. The number of amides is 1. The molecule has 11 heteroatoms. The molecule has 1 aliphatic heterocycles. The van der Waals surface area contributed by atoms with Crippen LogP contribution >= 0.6 is 0 Å². The molecule has 0 bridgehead atoms. The van der Waals surface area contributed by atoms with E-state index in [0.717, 1.165) is 0 Å². The first-order chi connectivity index (χ1) is 19.0. The third-order valence-corrected chi connectivity index (χ3v) is 7.01. The van der Waals surface area contributed by atoms with Gasteiger partial charge in [-0.25, -0.2) is 0 Å². The third-order valence-electron chi connectivity index (χ3n) is 7.01. The van der Waals surface area contributed by atoms with Gasteiger partial charge >= 0.3 is 6.18 Å². The fraction of sp³-hybridized carbons (Fsp3) is 0.433. The summed E-state index contributed by atoms with van der Waals surface area (Å²) in [6, 6.07) is 1.32. The summed E-state index contributed by atoms with van der Waals surface area (Å²) in [4.78, 5) is 18.7. The summed E-state index contributed by atoms with van der Waals surface area (Å²) >= 11 is 0. The van der Waals surface area contributed by atoms with Crippen LogP contribution in [-0.2, 0) is 12.0 Å². The Hall–Kier alpha value is -4.02. The zero-order chi connectivity index (χ0) is 30.7. The molecule has 0 saturated heterocycles. The molecule has 2 unspecified atom stereocenters. The maximum Gasteiger partial charge on any atom is 0.417 e. The molecule has 2 aromatic rings. The Bertz CT molecular complexity index is 1350. The lowest BCUT2D eigenvalue weighted by atomic mass is 9.96. The zero-order valence-corrected chi connectivity index (χ0v) is 24.3. The number of allylic oxidation sites excluding steroid dienone is 1. The quantitative estimate of drug-likeness (QED) is 0.318. The monoisotopic (exact) mass is 572 g/mol. The van der Waals surface area contributed by atoms with Crippen LogP contribution in [0.3, 0.4) is 0 Å². The minimum absolute atomic E-state index is 0.102. The molecule has 3 rings (SSSR count). The average molecular weight is 573 g/mol. The van der Waals surface area contributed by atoms with E-state index < -0.39 is 17.8 Å². The van der Waals surface area contributed by atoms with Gasteiger partial charge in [-0.3, -0.25) is 14.5 Å². The molecule has 8 nitrogen and oxygen atoms in total. The van der Waals surface area contributed by atoms with Crippen LogP contribution in [0.2, 0.25) is 0 Å². The number of nitrogens with one attached hydrogen (secondary N) is 2. The van der Waals surface area contributed by atoms with Crippen molar-refractivity contribution in [2.45, 2.75) is 70.8 Å². The number of hydrogen-bond donors (Lipinski definition) is 3. The number of pyridine rings is 1. The van der Waals surface area contributed by atoms with Crippen molar-refractivity contribution < 1.29 is 23.1 Å². The van der Waals surface area contributed by atoms with Crippen molar-refractivity contribution in [3.63, 3.8) is 0 Å². The van der Waals surface area contributed by atoms with Gasteiger partial charge in [0.1, 0.15) is 5.76 Å². The number of halogens is 3. The fourth-order valence-electron chi connectivity index (χ4n) is 4.41. The summed E-state index contributed by atoms with van der Waals surface area (Å²) in [5.74, 6) is -0.190. The SMILES string of the molecule is C=Cc1c(C(=C)NC2CC(C)N(C)C=C2O)cc(CCCNC(=O)c2cnn(C(C)(C)C)c2)nc1C(=C)C(F)(F)F. The van der Waals surface area contributed by atoms with Crippen LogP contribution in [0.1, 0.15) is 73.4 Å². The van der Waals surface area contributed by atoms with Crippen molar-refractivity contribution in [3.8, 4) is 0 Å². The molecule has 3 heterocycles. The number of carbonyl (C=O) groups is 1. The fourth-order valence-corrected chi connectivity index (χ4v) is 4.41. The minimum atomic E-state index is -4.70. The Kier molecular flexibility index (Phi) is 9.40. The largest absolute Gasteiger partial charge is 0.509 e. The van der Waals surface area contributed by atoms with E-state index in [4.69, 9.17) is 0 Å². The van der Waals surface area contributed by atoms with Crippen LogP contribution < -0.4 is 10.6 Å². The first kappa shape index (κ1) is 31.5. The third kappa shape index (κ3) is 7.59. The second kappa shape index (κ2) is 12.2. The molecule has 0 saturated carbocycles. The summed E-state index contributed by atoms with van der Waals surface area (Å²) in [7, 11) is 1.85. The summed E-state index contributed by atoms with van der Waals surface area (Å²) in [6.07, 6.45) is 2.65. The normalized spacial score (nSPS) is 17.6. The number of aliphatic hydroxyl groups excluding tert-OH is 1. The predicted molar refractivity (Wildman–Crippen MR) is 156 cm³/mol. The van der Waals surface area contributed by atoms with Gasteiger partial charge in [0.15, 0.2) is 0 Å². The van der Waals surface area contributed by atoms with E-state index in [-0.39, 0.29) is 47.5 Å². The van der Waals surface area contributed by atoms with Crippen LogP contribution in [0.15, 0.2) is 50.2 Å². The van der Waals surface area contributed by atoms with Gasteiger partial charge < -0.3 is 20.6 Å². The standard InChI is InChI=1S/C30H39F3N6O2/c1-9-23-24(20(4)36-25-13-18(2)38(8)17-26(25)40)14-22(37-27(23)19(3)30(31,32)33)11-10-12-34-28(41)21-15-35-39(16-21)29(5,6)7/h9,14-18,25,36,40H,1,3-4,10-13H2,2,5-8H3,(H,34,41). The maximum atomic E-state index is 13.7. The highest BCUT2D eigenvalue weighted by Crippen LogP contribution is 2.36. The summed E-state index contributed by atoms with van der Waals surface area (Å²) < 4.78 is 42.9. The van der Waals surface area contributed by atoms with Gasteiger partial charge in [-0.05, 0) is 53.0 Å². The highest BCUT2D eigenvalue weighted by Gasteiger charge is 2.36. The van der Waals surface area contributed by atoms with Gasteiger partial charge in [0.2, 0.25) is 0 Å². The Balaban J connectivity index is 1.81. The molecule has 2 atom stereocenters. The second-order valence-corrected chi connectivity index (χ2v) is 11.3. The van der Waals surface area contributed by atoms with E-state index in [1.807, 2.05) is 39.6 Å². The van der Waals surface area contributed by atoms with E-state index >= 15 is 0 Å². The zero-order valence-electron chi connectivity index (χ0n) is 24.3. The molecule has 0 fully saturated rings. The highest BCUT2D eigenvalue weighted by molar-refractivity contribution is 5.93. The number of nitrogens with zero attached hydrogens (tertiary/aromatic N) is 4. The van der Waals surface area contributed by atoms with Gasteiger partial charge in [0.25, 0.3) is 5.91 Å². The number of aryl methyl sites for hydroxylation is 1. The predicted octanol–water partition coefficient (Wildman–Crippen LogP) is 5.67. The summed E-state index contributed by atoms with van der Waals surface area (Å²) in [6.45, 7) is 19.2. The van der Waals surface area contributed by atoms with Crippen LogP contribution in [0, 0.1) is 0 Å². The van der Waals surface area contributed by atoms with E-state index in [1.165, 1.54) is 12.3 Å². The molecule has 0 radical (unpaired) electrons. The maximum absolute atomic E-state index is 13.7. The molecule has 1 amide bonds. The van der Waals surface area contributed by atoms with Gasteiger partial charge in [0.05, 0.1) is 34.6 Å². The topological polar surface area (TPSA) is 95.3 Å². The highest BCUT2D eigenvalue weighted by atomic mass is 19.4. The first-order valence-electron chi connectivity index (χ1n) is 13.4. The van der Waals surface area contributed by atoms with Crippen LogP contribution in [0.4, 0.5) is 13.2 Å². The Morgan fingerprint density at radius 2 is 1.95 bits per heavy atom. The van der Waals surface area contributed by atoms with Crippen LogP contribution in [0.25, 0.3) is 17.3 Å². The van der Waals surface area contributed by atoms with Crippen molar-refractivity contribution in [2.24, 2.45) is 0 Å². The molecule has 41 heavy (non-hydrogen) atoms. The lowest BCUT2D eigenvalue weighted by molar-refractivity contribution is -0.0689. The van der Waals surface area contributed by atoms with Crippen LogP contribution in [-0.4, -0.2) is 62.5 Å². The molecule has 1 aliphatic rings. The van der Waals surface area contributed by atoms with E-state index in [9.17, 15) is 23.1 Å². The first-order valence-corrected chi connectivity index (χ1v) is 13.4. The number of aliphatic hydroxyl groups is 1. The molecule has 0 spiro atoms. The molecule has 0 aliphatic carbocycles. The molecule has 2 aromatic heterocycles. The Labute approximate surface area is 239 Å². The van der Waals surface area contributed by atoms with Crippen LogP contribution in [0.5, 0.6) is 0 Å². The number of aromatic nitrogens is 3. The minimum Gasteiger partial charge on any atom is -0.509 e. The van der Waals surface area contributed by atoms with Crippen molar-refractivity contribution in [3.05, 3.63) is 78.2 Å². The van der Waals surface area contributed by atoms with Gasteiger partial charge in [-0.2, -0.15) is 18.3 Å². The number of alkyl halides is 3. The molecule has 3 N–H and O–H groups in total. The molecular formula is C30H39F3N6O2. The van der Waals surface area contributed by atoms with Crippen molar-refractivity contribution in [1.82, 2.24) is 30.3 Å². The van der Waals surface area contributed by atoms with Gasteiger partial charge in [-0.1, -0.05) is 25.8 Å². The number of rotatable bonds is 10. The second-order valence-electron chi connectivity index (χ2n) is 11.3. The van der Waals surface area contributed by atoms with Gasteiger partial charge in [0, 0.05) is 54.5 Å². The van der Waals surface area contributed by atoms with Crippen molar-refractivity contribution in [2.75, 3.05) is 13.6 Å². The van der Waals surface area contributed by atoms with Gasteiger partial charge in [-0.15, -0.1) is 0 Å². The van der Waals surface area contributed by atoms with Crippen molar-refractivity contribution in [1.29, 1.82) is 0 Å². The number of hydrogen-bond acceptors (Lipinski definition) is 6. The van der Waals surface area contributed by atoms with E-state index in [2.05, 4.69) is 40.5 Å². The van der Waals surface area contributed by atoms with E-state index in [1.54, 1.807) is 23.1 Å². The smallest absolute Gasteiger partial charge is 0.417 e. The average Bonchev–Trinajstić information content (AvgIpc) is 3.39. The molecule has 222 valence electrons. The Morgan fingerprint density at radius 1 is 1.27 bits per heavy atom. The van der Waals surface area contributed by atoms with Crippen molar-refractivity contribution >= 4 is 23.3 Å². The Morgan fingerprint density at radius 3 is 2.54 bits per heavy atom. The molecular weight excluding hydrogens is 533 g/mol. The summed E-state index contributed by atoms with van der Waals surface area (Å²) in [5, 5.41) is 20.7. The van der Waals surface area contributed by atoms with E-state index in [0.29, 0.717) is 35.4 Å². The lowest BCUT2D eigenvalue weighted by Crippen LogP contribution is -2.41.